The van der Waals surface area contributed by atoms with Crippen molar-refractivity contribution in [3.63, 3.8) is 0 Å². The zero-order chi connectivity index (χ0) is 15.2. The third-order valence-corrected chi connectivity index (χ3v) is 2.59. The molecule has 8 heteroatoms. The molecule has 0 unspecified atom stereocenters. The van der Waals surface area contributed by atoms with Gasteiger partial charge in [-0.1, -0.05) is 12.1 Å². The van der Waals surface area contributed by atoms with Gasteiger partial charge in [0.1, 0.15) is 5.69 Å². The van der Waals surface area contributed by atoms with Crippen molar-refractivity contribution in [3.8, 4) is 0 Å². The Bertz CT molecular complexity index is 721. The molecular weight excluding hydrogens is 274 g/mol. The summed E-state index contributed by atoms with van der Waals surface area (Å²) in [4.78, 5) is 26.0. The fourth-order valence-electron chi connectivity index (χ4n) is 1.49. The lowest BCUT2D eigenvalue weighted by Gasteiger charge is -2.01. The van der Waals surface area contributed by atoms with E-state index in [9.17, 15) is 9.59 Å². The van der Waals surface area contributed by atoms with E-state index in [0.29, 0.717) is 11.3 Å². The molecule has 0 aliphatic rings. The summed E-state index contributed by atoms with van der Waals surface area (Å²) in [5.41, 5.74) is 3.83. The minimum Gasteiger partial charge on any atom is -0.465 e. The molecule has 0 aliphatic carbocycles. The lowest BCUT2D eigenvalue weighted by Crippen LogP contribution is -2.15. The lowest BCUT2D eigenvalue weighted by molar-refractivity contribution is 0.0600. The molecule has 1 heterocycles. The number of hydrogen-bond donors (Lipinski definition) is 2. The summed E-state index contributed by atoms with van der Waals surface area (Å²) >= 11 is 0. The van der Waals surface area contributed by atoms with Crippen molar-refractivity contribution in [1.82, 2.24) is 15.2 Å². The average molecular weight is 287 g/mol. The Morgan fingerprint density at radius 1 is 1.38 bits per heavy atom. The van der Waals surface area contributed by atoms with E-state index in [1.165, 1.54) is 13.3 Å². The normalized spacial score (nSPS) is 10.6. The number of hydrogen-bond acceptors (Lipinski definition) is 7. The van der Waals surface area contributed by atoms with Crippen LogP contribution in [0.1, 0.15) is 21.6 Å². The minimum absolute atomic E-state index is 0.279. The molecule has 0 radical (unpaired) electrons. The summed E-state index contributed by atoms with van der Waals surface area (Å²) in [5.74, 6) is -0.118. The first-order chi connectivity index (χ1) is 10.1. The maximum atomic E-state index is 11.3. The van der Waals surface area contributed by atoms with Crippen LogP contribution in [0.15, 0.2) is 34.2 Å². The summed E-state index contributed by atoms with van der Waals surface area (Å²) in [5, 5.41) is 9.94. The zero-order valence-electron chi connectivity index (χ0n) is 11.5. The van der Waals surface area contributed by atoms with Crippen LogP contribution in [0.5, 0.6) is 0 Å². The van der Waals surface area contributed by atoms with Gasteiger partial charge in [0, 0.05) is 0 Å². The van der Waals surface area contributed by atoms with E-state index in [4.69, 9.17) is 0 Å². The maximum Gasteiger partial charge on any atom is 0.363 e. The Labute approximate surface area is 119 Å². The van der Waals surface area contributed by atoms with Crippen molar-refractivity contribution in [2.75, 3.05) is 12.5 Å². The Kier molecular flexibility index (Phi) is 4.39. The first-order valence-electron chi connectivity index (χ1n) is 6.01. The van der Waals surface area contributed by atoms with Gasteiger partial charge >= 0.3 is 11.7 Å². The van der Waals surface area contributed by atoms with Crippen molar-refractivity contribution in [3.05, 3.63) is 51.6 Å². The van der Waals surface area contributed by atoms with E-state index in [2.05, 4.69) is 30.4 Å². The third kappa shape index (κ3) is 3.72. The van der Waals surface area contributed by atoms with E-state index in [-0.39, 0.29) is 5.82 Å². The van der Waals surface area contributed by atoms with Gasteiger partial charge in [0.25, 0.3) is 0 Å². The number of carbonyl (C=O) groups excluding carboxylic acids is 1. The van der Waals surface area contributed by atoms with Crippen LogP contribution in [0.25, 0.3) is 0 Å². The number of nitrogens with one attached hydrogen (secondary N) is 2. The van der Waals surface area contributed by atoms with Gasteiger partial charge in [-0.25, -0.2) is 14.7 Å². The SMILES string of the molecule is COC(=O)c1ccc(/C=N/Nc2nc(=O)[nH]nc2C)cc1. The highest BCUT2D eigenvalue weighted by atomic mass is 16.5. The quantitative estimate of drug-likeness (QED) is 0.487. The third-order valence-electron chi connectivity index (χ3n) is 2.59. The molecule has 2 aromatic rings. The Morgan fingerprint density at radius 2 is 2.10 bits per heavy atom. The highest BCUT2D eigenvalue weighted by molar-refractivity contribution is 5.90. The van der Waals surface area contributed by atoms with Crippen LogP contribution in [0.4, 0.5) is 5.82 Å². The molecule has 21 heavy (non-hydrogen) atoms. The van der Waals surface area contributed by atoms with E-state index < -0.39 is 11.7 Å². The van der Waals surface area contributed by atoms with Crippen molar-refractivity contribution < 1.29 is 9.53 Å². The van der Waals surface area contributed by atoms with Crippen LogP contribution in [-0.2, 0) is 4.74 Å². The predicted octanol–water partition coefficient (Wildman–Crippen LogP) is 0.706. The number of aryl methyl sites for hydroxylation is 1. The molecule has 0 fully saturated rings. The zero-order valence-corrected chi connectivity index (χ0v) is 11.5. The van der Waals surface area contributed by atoms with Crippen LogP contribution in [0.3, 0.4) is 0 Å². The van der Waals surface area contributed by atoms with Gasteiger partial charge in [-0.05, 0) is 24.6 Å². The summed E-state index contributed by atoms with van der Waals surface area (Å²) in [6, 6.07) is 6.69. The summed E-state index contributed by atoms with van der Waals surface area (Å²) in [7, 11) is 1.33. The Morgan fingerprint density at radius 3 is 2.76 bits per heavy atom. The number of H-pyrrole nitrogens is 1. The van der Waals surface area contributed by atoms with Crippen molar-refractivity contribution in [2.24, 2.45) is 5.10 Å². The molecular formula is C13H13N5O3. The number of anilines is 1. The van der Waals surface area contributed by atoms with E-state index in [1.54, 1.807) is 31.2 Å². The smallest absolute Gasteiger partial charge is 0.363 e. The highest BCUT2D eigenvalue weighted by Crippen LogP contribution is 2.05. The van der Waals surface area contributed by atoms with E-state index in [0.717, 1.165) is 5.56 Å². The van der Waals surface area contributed by atoms with Crippen molar-refractivity contribution in [2.45, 2.75) is 6.92 Å². The maximum absolute atomic E-state index is 11.3. The molecule has 0 bridgehead atoms. The molecule has 0 amide bonds. The van der Waals surface area contributed by atoms with Gasteiger partial charge in [0.2, 0.25) is 0 Å². The molecule has 0 atom stereocenters. The number of ether oxygens (including phenoxy) is 1. The van der Waals surface area contributed by atoms with Crippen LogP contribution in [0, 0.1) is 6.92 Å². The first kappa shape index (κ1) is 14.4. The van der Waals surface area contributed by atoms with Crippen molar-refractivity contribution >= 4 is 18.0 Å². The number of carbonyl (C=O) groups is 1. The molecule has 0 saturated heterocycles. The van der Waals surface area contributed by atoms with Gasteiger partial charge in [-0.2, -0.15) is 15.2 Å². The van der Waals surface area contributed by atoms with Gasteiger partial charge in [-0.15, -0.1) is 0 Å². The second-order valence-electron chi connectivity index (χ2n) is 4.06. The van der Waals surface area contributed by atoms with Crippen LogP contribution < -0.4 is 11.1 Å². The molecule has 1 aromatic heterocycles. The Balaban J connectivity index is 2.06. The van der Waals surface area contributed by atoms with Crippen molar-refractivity contribution in [1.29, 1.82) is 0 Å². The standard InChI is InChI=1S/C13H13N5O3/c1-8-11(15-13(20)18-16-8)17-14-7-9-3-5-10(6-4-9)12(19)21-2/h3-7H,1-2H3,(H2,15,17,18,20)/b14-7+. The monoisotopic (exact) mass is 287 g/mol. The van der Waals surface area contributed by atoms with Gasteiger partial charge in [-0.3, -0.25) is 5.43 Å². The molecule has 0 spiro atoms. The van der Waals surface area contributed by atoms with Crippen LogP contribution >= 0.6 is 0 Å². The molecule has 0 aliphatic heterocycles. The number of nitrogens with zero attached hydrogens (tertiary/aromatic N) is 3. The van der Waals surface area contributed by atoms with E-state index >= 15 is 0 Å². The van der Waals surface area contributed by atoms with Gasteiger partial charge < -0.3 is 4.74 Å². The molecule has 1 aromatic carbocycles. The fraction of sp³-hybridized carbons (Fsp3) is 0.154. The van der Waals surface area contributed by atoms with Crippen LogP contribution in [0.2, 0.25) is 0 Å². The van der Waals surface area contributed by atoms with E-state index in [1.807, 2.05) is 0 Å². The molecule has 2 N–H and O–H groups in total. The number of esters is 1. The molecule has 108 valence electrons. The predicted molar refractivity (Wildman–Crippen MR) is 76.4 cm³/mol. The number of aromatic nitrogens is 3. The second-order valence-corrected chi connectivity index (χ2v) is 4.06. The average Bonchev–Trinajstić information content (AvgIpc) is 2.50. The van der Waals surface area contributed by atoms with Gasteiger partial charge in [0.15, 0.2) is 5.82 Å². The second kappa shape index (κ2) is 6.42. The molecule has 8 nitrogen and oxygen atoms in total. The summed E-state index contributed by atoms with van der Waals surface area (Å²) < 4.78 is 4.61. The molecule has 2 rings (SSSR count). The fourth-order valence-corrected chi connectivity index (χ4v) is 1.49. The number of aromatic amines is 1. The highest BCUT2D eigenvalue weighted by Gasteiger charge is 2.03. The number of rotatable bonds is 4. The van der Waals surface area contributed by atoms with Gasteiger partial charge in [0.05, 0.1) is 18.9 Å². The summed E-state index contributed by atoms with van der Waals surface area (Å²) in [6.07, 6.45) is 1.53. The topological polar surface area (TPSA) is 109 Å². The first-order valence-corrected chi connectivity index (χ1v) is 6.01. The largest absolute Gasteiger partial charge is 0.465 e. The lowest BCUT2D eigenvalue weighted by atomic mass is 10.1. The minimum atomic E-state index is -0.555. The number of benzene rings is 1. The Hall–Kier alpha value is -3.03. The summed E-state index contributed by atoms with van der Waals surface area (Å²) in [6.45, 7) is 1.69. The number of hydrazone groups is 1. The van der Waals surface area contributed by atoms with Crippen LogP contribution in [-0.4, -0.2) is 34.5 Å². The number of methoxy groups -OCH3 is 1. The molecule has 0 saturated carbocycles.